The van der Waals surface area contributed by atoms with E-state index < -0.39 is 5.91 Å². The number of hydrogen-bond acceptors (Lipinski definition) is 4. The Labute approximate surface area is 94.2 Å². The normalized spacial score (nSPS) is 16.8. The van der Waals surface area contributed by atoms with Crippen molar-refractivity contribution in [1.82, 2.24) is 4.98 Å². The van der Waals surface area contributed by atoms with E-state index in [1.54, 1.807) is 12.1 Å². The minimum atomic E-state index is -0.514. The van der Waals surface area contributed by atoms with Crippen molar-refractivity contribution in [1.29, 1.82) is 0 Å². The summed E-state index contributed by atoms with van der Waals surface area (Å²) in [6, 6.07) is 5.42. The van der Waals surface area contributed by atoms with Crippen LogP contribution in [-0.2, 0) is 0 Å². The van der Waals surface area contributed by atoms with Crippen LogP contribution in [0.2, 0.25) is 0 Å². The Hall–Kier alpha value is -1.62. The number of carbonyl (C=O) groups is 1. The molecule has 1 aromatic rings. The first-order valence-corrected chi connectivity index (χ1v) is 5.44. The van der Waals surface area contributed by atoms with Crippen molar-refractivity contribution in [2.45, 2.75) is 18.9 Å². The number of primary amides is 1. The highest BCUT2D eigenvalue weighted by Gasteiger charge is 2.30. The second-order valence-electron chi connectivity index (χ2n) is 4.10. The fraction of sp³-hybridized carbons (Fsp3) is 0.455. The first-order valence-electron chi connectivity index (χ1n) is 5.44. The maximum absolute atomic E-state index is 11.0. The molecule has 1 atom stereocenters. The van der Waals surface area contributed by atoms with E-state index in [1.165, 1.54) is 12.8 Å². The number of pyridine rings is 1. The summed E-state index contributed by atoms with van der Waals surface area (Å²) in [5.74, 6) is 0.794. The van der Waals surface area contributed by atoms with Gasteiger partial charge in [0, 0.05) is 12.6 Å². The summed E-state index contributed by atoms with van der Waals surface area (Å²) in [6.07, 6.45) is 2.43. The summed E-state index contributed by atoms with van der Waals surface area (Å²) in [5.41, 5.74) is 11.1. The van der Waals surface area contributed by atoms with Crippen LogP contribution in [0.25, 0.3) is 0 Å². The predicted octanol–water partition coefficient (Wildman–Crippen LogP) is 0.330. The molecule has 5 N–H and O–H groups in total. The molecule has 0 radical (unpaired) electrons. The van der Waals surface area contributed by atoms with Crippen molar-refractivity contribution in [3.63, 3.8) is 0 Å². The van der Waals surface area contributed by atoms with E-state index in [4.69, 9.17) is 11.5 Å². The molecule has 1 fully saturated rings. The van der Waals surface area contributed by atoms with E-state index in [1.807, 2.05) is 6.07 Å². The molecule has 0 bridgehead atoms. The smallest absolute Gasteiger partial charge is 0.267 e. The molecule has 2 rings (SSSR count). The fourth-order valence-electron chi connectivity index (χ4n) is 1.71. The first-order chi connectivity index (χ1) is 7.70. The average molecular weight is 220 g/mol. The van der Waals surface area contributed by atoms with E-state index in [0.29, 0.717) is 18.3 Å². The van der Waals surface area contributed by atoms with Gasteiger partial charge in [-0.1, -0.05) is 6.07 Å². The second kappa shape index (κ2) is 4.49. The number of nitrogens with zero attached hydrogens (tertiary/aromatic N) is 1. The zero-order valence-electron chi connectivity index (χ0n) is 9.02. The Balaban J connectivity index is 2.07. The van der Waals surface area contributed by atoms with Crippen LogP contribution in [0.5, 0.6) is 0 Å². The maximum Gasteiger partial charge on any atom is 0.267 e. The van der Waals surface area contributed by atoms with Crippen LogP contribution in [0.4, 0.5) is 5.82 Å². The first kappa shape index (κ1) is 10.9. The standard InChI is InChI=1S/C11H16N4O/c12-6-9(7-4-5-7)15-10-3-1-2-8(14-10)11(13)16/h1-3,7,9H,4-6,12H2,(H2,13,16)(H,14,15). The highest BCUT2D eigenvalue weighted by Crippen LogP contribution is 2.33. The van der Waals surface area contributed by atoms with E-state index in [9.17, 15) is 4.79 Å². The molecule has 1 saturated carbocycles. The number of carbonyl (C=O) groups excluding carboxylic acids is 1. The third-order valence-electron chi connectivity index (χ3n) is 2.78. The number of rotatable bonds is 5. The minimum Gasteiger partial charge on any atom is -0.366 e. The van der Waals surface area contributed by atoms with Crippen molar-refractivity contribution in [3.8, 4) is 0 Å². The SMILES string of the molecule is NCC(Nc1cccc(C(N)=O)n1)C1CC1. The molecular formula is C11H16N4O. The van der Waals surface area contributed by atoms with Gasteiger partial charge in [-0.05, 0) is 30.9 Å². The lowest BCUT2D eigenvalue weighted by Gasteiger charge is -2.16. The van der Waals surface area contributed by atoms with Crippen molar-refractivity contribution in [2.24, 2.45) is 17.4 Å². The monoisotopic (exact) mass is 220 g/mol. The molecule has 0 saturated heterocycles. The molecule has 1 unspecified atom stereocenters. The van der Waals surface area contributed by atoms with Crippen molar-refractivity contribution in [2.75, 3.05) is 11.9 Å². The van der Waals surface area contributed by atoms with Crippen LogP contribution in [0.3, 0.4) is 0 Å². The molecule has 0 aromatic carbocycles. The summed E-state index contributed by atoms with van der Waals surface area (Å²) >= 11 is 0. The predicted molar refractivity (Wildman–Crippen MR) is 61.9 cm³/mol. The molecule has 1 aliphatic carbocycles. The Morgan fingerprint density at radius 2 is 2.31 bits per heavy atom. The lowest BCUT2D eigenvalue weighted by Crippen LogP contribution is -2.31. The lowest BCUT2D eigenvalue weighted by molar-refractivity contribution is 0.0995. The summed E-state index contributed by atoms with van der Waals surface area (Å²) in [6.45, 7) is 0.577. The van der Waals surface area contributed by atoms with Gasteiger partial charge in [0.2, 0.25) is 0 Å². The van der Waals surface area contributed by atoms with Gasteiger partial charge in [-0.15, -0.1) is 0 Å². The Morgan fingerprint density at radius 1 is 1.56 bits per heavy atom. The van der Waals surface area contributed by atoms with Gasteiger partial charge >= 0.3 is 0 Å². The zero-order chi connectivity index (χ0) is 11.5. The van der Waals surface area contributed by atoms with Gasteiger partial charge in [-0.3, -0.25) is 4.79 Å². The van der Waals surface area contributed by atoms with E-state index in [-0.39, 0.29) is 11.7 Å². The molecule has 1 heterocycles. The van der Waals surface area contributed by atoms with Gasteiger partial charge in [0.15, 0.2) is 0 Å². The molecule has 86 valence electrons. The number of anilines is 1. The third-order valence-corrected chi connectivity index (χ3v) is 2.78. The fourth-order valence-corrected chi connectivity index (χ4v) is 1.71. The van der Waals surface area contributed by atoms with Gasteiger partial charge in [0.05, 0.1) is 0 Å². The topological polar surface area (TPSA) is 94.0 Å². The minimum absolute atomic E-state index is 0.246. The third kappa shape index (κ3) is 2.49. The molecule has 0 spiro atoms. The average Bonchev–Trinajstić information content (AvgIpc) is 3.10. The van der Waals surface area contributed by atoms with Crippen LogP contribution in [0, 0.1) is 5.92 Å². The van der Waals surface area contributed by atoms with E-state index in [0.717, 1.165) is 0 Å². The van der Waals surface area contributed by atoms with Gasteiger partial charge < -0.3 is 16.8 Å². The number of amides is 1. The number of aromatic nitrogens is 1. The largest absolute Gasteiger partial charge is 0.366 e. The van der Waals surface area contributed by atoms with Crippen LogP contribution < -0.4 is 16.8 Å². The molecule has 1 amide bonds. The Morgan fingerprint density at radius 3 is 2.88 bits per heavy atom. The molecule has 0 aliphatic heterocycles. The second-order valence-corrected chi connectivity index (χ2v) is 4.10. The zero-order valence-corrected chi connectivity index (χ0v) is 9.02. The summed E-state index contributed by atoms with van der Waals surface area (Å²) in [5, 5.41) is 3.24. The van der Waals surface area contributed by atoms with Crippen LogP contribution in [-0.4, -0.2) is 23.5 Å². The van der Waals surface area contributed by atoms with Crippen molar-refractivity contribution >= 4 is 11.7 Å². The highest BCUT2D eigenvalue weighted by molar-refractivity contribution is 5.91. The van der Waals surface area contributed by atoms with Crippen molar-refractivity contribution < 1.29 is 4.79 Å². The van der Waals surface area contributed by atoms with Crippen LogP contribution in [0.1, 0.15) is 23.3 Å². The highest BCUT2D eigenvalue weighted by atomic mass is 16.1. The van der Waals surface area contributed by atoms with E-state index >= 15 is 0 Å². The van der Waals surface area contributed by atoms with E-state index in [2.05, 4.69) is 10.3 Å². The number of nitrogens with two attached hydrogens (primary N) is 2. The summed E-state index contributed by atoms with van der Waals surface area (Å²) < 4.78 is 0. The molecule has 1 aromatic heterocycles. The van der Waals surface area contributed by atoms with Crippen LogP contribution >= 0.6 is 0 Å². The summed E-state index contributed by atoms with van der Waals surface area (Å²) in [4.78, 5) is 15.1. The number of hydrogen-bond donors (Lipinski definition) is 3. The van der Waals surface area contributed by atoms with Gasteiger partial charge in [-0.25, -0.2) is 4.98 Å². The summed E-state index contributed by atoms with van der Waals surface area (Å²) in [7, 11) is 0. The number of nitrogens with one attached hydrogen (secondary N) is 1. The molecule has 16 heavy (non-hydrogen) atoms. The quantitative estimate of drug-likeness (QED) is 0.666. The van der Waals surface area contributed by atoms with Gasteiger partial charge in [-0.2, -0.15) is 0 Å². The lowest BCUT2D eigenvalue weighted by atomic mass is 10.2. The molecule has 5 nitrogen and oxygen atoms in total. The molecular weight excluding hydrogens is 204 g/mol. The maximum atomic E-state index is 11.0. The molecule has 1 aliphatic rings. The van der Waals surface area contributed by atoms with Gasteiger partial charge in [0.1, 0.15) is 11.5 Å². The van der Waals surface area contributed by atoms with Crippen molar-refractivity contribution in [3.05, 3.63) is 23.9 Å². The Bertz CT molecular complexity index is 389. The van der Waals surface area contributed by atoms with Gasteiger partial charge in [0.25, 0.3) is 5.91 Å². The van der Waals surface area contributed by atoms with Crippen LogP contribution in [0.15, 0.2) is 18.2 Å². The molecule has 5 heteroatoms. The Kier molecular flexibility index (Phi) is 3.05.